The highest BCUT2D eigenvalue weighted by Crippen LogP contribution is 2.46. The number of benzene rings is 2. The summed E-state index contributed by atoms with van der Waals surface area (Å²) in [5, 5.41) is 1.60. The van der Waals surface area contributed by atoms with E-state index in [1.807, 2.05) is 0 Å². The van der Waals surface area contributed by atoms with Crippen LogP contribution < -0.4 is 15.0 Å². The summed E-state index contributed by atoms with van der Waals surface area (Å²) < 4.78 is 44.0. The number of carbonyl (C=O) groups excluding carboxylic acids is 2. The summed E-state index contributed by atoms with van der Waals surface area (Å²) in [5.74, 6) is -0.948. The number of nitrogens with zero attached hydrogens (tertiary/aromatic N) is 1. The molecular formula is C21H24N2O4S. The van der Waals surface area contributed by atoms with Crippen LogP contribution in [0.2, 0.25) is 0 Å². The number of ether oxygens (including phenoxy) is 2. The van der Waals surface area contributed by atoms with E-state index in [1.54, 1.807) is 48.5 Å². The van der Waals surface area contributed by atoms with Crippen molar-refractivity contribution in [2.24, 2.45) is 0 Å². The number of methoxy groups -OCH3 is 1. The van der Waals surface area contributed by atoms with Gasteiger partial charge in [0.2, 0.25) is 0 Å². The van der Waals surface area contributed by atoms with E-state index in [4.69, 9.17) is 15.0 Å². The number of rotatable bonds is 6. The first-order valence-electron chi connectivity index (χ1n) is 10.6. The monoisotopic (exact) mass is 404 g/mol. The van der Waals surface area contributed by atoms with Crippen molar-refractivity contribution in [3.63, 3.8) is 0 Å². The molecule has 0 unspecified atom stereocenters. The number of fused-ring (bicyclic) bond motifs is 1. The number of anilines is 1. The maximum absolute atomic E-state index is 13.7. The van der Waals surface area contributed by atoms with Gasteiger partial charge in [-0.2, -0.15) is 0 Å². The zero-order chi connectivity index (χ0) is 23.7. The molecule has 0 aliphatic carbocycles. The SMILES string of the molecule is [2H]C([2H])(NC)C([2H])([2H])N1C(=O)[C@H](OC(C)=O)[C@H](c2ccc(OC)cc2)Sc2ccccc21. The van der Waals surface area contributed by atoms with Crippen LogP contribution in [-0.4, -0.2) is 45.1 Å². The van der Waals surface area contributed by atoms with Gasteiger partial charge in [0.1, 0.15) is 5.75 Å². The Morgan fingerprint density at radius 3 is 2.61 bits per heavy atom. The Kier molecular flexibility index (Phi) is 5.02. The molecule has 2 aromatic rings. The van der Waals surface area contributed by atoms with Gasteiger partial charge in [-0.25, -0.2) is 0 Å². The molecule has 6 nitrogen and oxygen atoms in total. The number of likely N-dealkylation sites (N-methyl/N-ethyl adjacent to an activating group) is 1. The molecule has 0 fully saturated rings. The molecule has 28 heavy (non-hydrogen) atoms. The summed E-state index contributed by atoms with van der Waals surface area (Å²) in [5.41, 5.74) is 0.865. The smallest absolute Gasteiger partial charge is 0.303 e. The summed E-state index contributed by atoms with van der Waals surface area (Å²) in [4.78, 5) is 27.0. The maximum Gasteiger partial charge on any atom is 0.303 e. The van der Waals surface area contributed by atoms with E-state index in [0.29, 0.717) is 16.2 Å². The molecule has 1 aliphatic heterocycles. The molecule has 2 atom stereocenters. The Morgan fingerprint density at radius 1 is 1.25 bits per heavy atom. The average Bonchev–Trinajstić information content (AvgIpc) is 2.88. The number of nitrogens with one attached hydrogen (secondary N) is 1. The van der Waals surface area contributed by atoms with Crippen LogP contribution in [0.4, 0.5) is 5.69 Å². The molecule has 2 aromatic carbocycles. The average molecular weight is 405 g/mol. The minimum Gasteiger partial charge on any atom is -0.497 e. The fourth-order valence-electron chi connectivity index (χ4n) is 2.87. The third kappa shape index (κ3) is 4.31. The molecule has 0 saturated heterocycles. The molecule has 0 radical (unpaired) electrons. The highest BCUT2D eigenvalue weighted by molar-refractivity contribution is 7.99. The standard InChI is InChI=1S/C21H24N2O4S/c1-14(24)27-19-20(15-8-10-16(26-3)11-9-15)28-18-7-5-4-6-17(18)23(21(19)25)13-12-22-2/h4-11,19-20,22H,12-13H2,1-3H3/t19-,20+/m1/s1/i12D2,13D2. The molecule has 148 valence electrons. The van der Waals surface area contributed by atoms with E-state index < -0.39 is 36.2 Å². The second kappa shape index (κ2) is 9.12. The minimum absolute atomic E-state index is 0.194. The summed E-state index contributed by atoms with van der Waals surface area (Å²) in [7, 11) is 2.80. The lowest BCUT2D eigenvalue weighted by Gasteiger charge is -2.27. The van der Waals surface area contributed by atoms with Gasteiger partial charge in [-0.15, -0.1) is 11.8 Å². The predicted octanol–water partition coefficient (Wildman–Crippen LogP) is 3.03. The molecule has 0 saturated carbocycles. The van der Waals surface area contributed by atoms with Crippen molar-refractivity contribution in [3.8, 4) is 5.75 Å². The van der Waals surface area contributed by atoms with Crippen molar-refractivity contribution >= 4 is 29.3 Å². The maximum atomic E-state index is 13.7. The largest absolute Gasteiger partial charge is 0.497 e. The van der Waals surface area contributed by atoms with E-state index in [0.717, 1.165) is 4.90 Å². The Labute approximate surface area is 174 Å². The van der Waals surface area contributed by atoms with E-state index in [-0.39, 0.29) is 5.69 Å². The molecule has 1 N–H and O–H groups in total. The van der Waals surface area contributed by atoms with Crippen LogP contribution in [0.1, 0.15) is 23.2 Å². The minimum atomic E-state index is -2.80. The predicted molar refractivity (Wildman–Crippen MR) is 110 cm³/mol. The zero-order valence-corrected chi connectivity index (χ0v) is 16.6. The van der Waals surface area contributed by atoms with Crippen LogP contribution in [0.3, 0.4) is 0 Å². The van der Waals surface area contributed by atoms with Crippen molar-refractivity contribution in [2.75, 3.05) is 32.1 Å². The van der Waals surface area contributed by atoms with E-state index in [1.165, 1.54) is 32.8 Å². The molecule has 3 rings (SSSR count). The van der Waals surface area contributed by atoms with Crippen LogP contribution in [0.5, 0.6) is 5.75 Å². The molecule has 1 heterocycles. The molecule has 1 aliphatic rings. The summed E-state index contributed by atoms with van der Waals surface area (Å²) in [6, 6.07) is 13.6. The first kappa shape index (κ1) is 15.4. The van der Waals surface area contributed by atoms with Crippen LogP contribution in [0, 0.1) is 0 Å². The number of amides is 1. The molecular weight excluding hydrogens is 376 g/mol. The Bertz CT molecular complexity index is 1000. The Balaban J connectivity index is 2.21. The lowest BCUT2D eigenvalue weighted by atomic mass is 10.1. The van der Waals surface area contributed by atoms with Gasteiger partial charge in [0, 0.05) is 27.6 Å². The first-order valence-corrected chi connectivity index (χ1v) is 9.51. The van der Waals surface area contributed by atoms with Gasteiger partial charge in [0.25, 0.3) is 5.91 Å². The van der Waals surface area contributed by atoms with Crippen molar-refractivity contribution in [1.29, 1.82) is 0 Å². The number of hydrogen-bond donors (Lipinski definition) is 1. The highest BCUT2D eigenvalue weighted by atomic mass is 32.2. The number of thioether (sulfide) groups is 1. The van der Waals surface area contributed by atoms with Crippen molar-refractivity contribution in [3.05, 3.63) is 54.1 Å². The number of hydrogen-bond acceptors (Lipinski definition) is 6. The third-order valence-electron chi connectivity index (χ3n) is 4.13. The van der Waals surface area contributed by atoms with Crippen molar-refractivity contribution < 1.29 is 24.5 Å². The van der Waals surface area contributed by atoms with Gasteiger partial charge < -0.3 is 19.7 Å². The van der Waals surface area contributed by atoms with E-state index in [9.17, 15) is 9.59 Å². The summed E-state index contributed by atoms with van der Waals surface area (Å²) in [6.07, 6.45) is -1.39. The molecule has 0 spiro atoms. The fourth-order valence-corrected chi connectivity index (χ4v) is 4.17. The molecule has 0 bridgehead atoms. The van der Waals surface area contributed by atoms with Gasteiger partial charge in [-0.05, 0) is 36.9 Å². The van der Waals surface area contributed by atoms with E-state index in [2.05, 4.69) is 5.32 Å². The second-order valence-electron chi connectivity index (χ2n) is 5.97. The lowest BCUT2D eigenvalue weighted by molar-refractivity contribution is -0.152. The van der Waals surface area contributed by atoms with E-state index >= 15 is 0 Å². The van der Waals surface area contributed by atoms with Crippen LogP contribution >= 0.6 is 11.8 Å². The van der Waals surface area contributed by atoms with Gasteiger partial charge in [0.05, 0.1) is 20.8 Å². The quantitative estimate of drug-likeness (QED) is 0.747. The van der Waals surface area contributed by atoms with Crippen LogP contribution in [-0.2, 0) is 14.3 Å². The lowest BCUT2D eigenvalue weighted by Crippen LogP contribution is -2.45. The molecule has 0 aromatic heterocycles. The zero-order valence-electron chi connectivity index (χ0n) is 19.8. The normalized spacial score (nSPS) is 22.1. The number of esters is 1. The highest BCUT2D eigenvalue weighted by Gasteiger charge is 2.40. The molecule has 1 amide bonds. The Morgan fingerprint density at radius 2 is 1.96 bits per heavy atom. The number of carbonyl (C=O) groups is 2. The van der Waals surface area contributed by atoms with Gasteiger partial charge in [-0.1, -0.05) is 24.3 Å². The van der Waals surface area contributed by atoms with Crippen LogP contribution in [0.25, 0.3) is 0 Å². The number of para-hydroxylation sites is 1. The fraction of sp³-hybridized carbons (Fsp3) is 0.333. The third-order valence-corrected chi connectivity index (χ3v) is 5.50. The first-order chi connectivity index (χ1) is 15.0. The summed E-state index contributed by atoms with van der Waals surface area (Å²) >= 11 is 1.25. The van der Waals surface area contributed by atoms with Gasteiger partial charge >= 0.3 is 5.97 Å². The van der Waals surface area contributed by atoms with Crippen molar-refractivity contribution in [2.45, 2.75) is 23.2 Å². The summed E-state index contributed by atoms with van der Waals surface area (Å²) in [6.45, 7) is -4.23. The second-order valence-corrected chi connectivity index (χ2v) is 7.15. The van der Waals surface area contributed by atoms with Gasteiger partial charge in [0.15, 0.2) is 6.10 Å². The van der Waals surface area contributed by atoms with Gasteiger partial charge in [-0.3, -0.25) is 9.59 Å². The topological polar surface area (TPSA) is 67.9 Å². The molecule has 7 heteroatoms. The van der Waals surface area contributed by atoms with Crippen molar-refractivity contribution in [1.82, 2.24) is 5.32 Å². The Hall–Kier alpha value is -2.51. The van der Waals surface area contributed by atoms with Crippen LogP contribution in [0.15, 0.2) is 53.4 Å².